The van der Waals surface area contributed by atoms with Crippen molar-refractivity contribution in [2.24, 2.45) is 0 Å². The summed E-state index contributed by atoms with van der Waals surface area (Å²) in [6, 6.07) is 24.1. The van der Waals surface area contributed by atoms with Crippen LogP contribution >= 0.6 is 0 Å². The van der Waals surface area contributed by atoms with E-state index in [9.17, 15) is 8.42 Å². The molecule has 1 heterocycles. The van der Waals surface area contributed by atoms with Crippen LogP contribution in [0.15, 0.2) is 83.8 Å². The molecule has 0 spiro atoms. The normalized spacial score (nSPS) is 15.5. The molecule has 0 aliphatic carbocycles. The molecule has 0 fully saturated rings. The summed E-state index contributed by atoms with van der Waals surface area (Å²) in [4.78, 5) is 0.254. The molecule has 174 valence electrons. The first kappa shape index (κ1) is 22.3. The molecule has 0 saturated heterocycles. The zero-order chi connectivity index (χ0) is 23.7. The smallest absolute Gasteiger partial charge is 0.262 e. The number of ether oxygens (including phenoxy) is 2. The van der Waals surface area contributed by atoms with Crippen molar-refractivity contribution in [2.45, 2.75) is 17.4 Å². The lowest BCUT2D eigenvalue weighted by atomic mass is 9.88. The lowest BCUT2D eigenvalue weighted by molar-refractivity contribution is 0.353. The van der Waals surface area contributed by atoms with Gasteiger partial charge >= 0.3 is 0 Å². The van der Waals surface area contributed by atoms with Crippen LogP contribution < -0.4 is 19.5 Å². The third kappa shape index (κ3) is 3.97. The number of benzene rings is 4. The lowest BCUT2D eigenvalue weighted by Gasteiger charge is -2.30. The van der Waals surface area contributed by atoms with Crippen LogP contribution in [-0.2, 0) is 16.4 Å². The number of anilines is 1. The fourth-order valence-corrected chi connectivity index (χ4v) is 5.95. The Kier molecular flexibility index (Phi) is 5.89. The Morgan fingerprint density at radius 2 is 1.56 bits per heavy atom. The zero-order valence-corrected chi connectivity index (χ0v) is 19.9. The molecule has 4 aromatic rings. The summed E-state index contributed by atoms with van der Waals surface area (Å²) in [5.74, 6) is 1.33. The van der Waals surface area contributed by atoms with E-state index in [2.05, 4.69) is 10.0 Å². The number of nitrogens with one attached hydrogen (secondary N) is 2. The standard InChI is InChI=1S/C27H26N2O4S/c1-32-24-16-19-14-15-28-27(22(19)17-25(24)33-2)21-11-5-6-12-23(21)29-34(30,31)26-13-7-9-18-8-3-4-10-20(18)26/h3-13,16-17,27-29H,14-15H2,1-2H3/t27-/m1/s1. The van der Waals surface area contributed by atoms with E-state index in [-0.39, 0.29) is 10.9 Å². The molecule has 1 aliphatic rings. The Morgan fingerprint density at radius 3 is 2.38 bits per heavy atom. The van der Waals surface area contributed by atoms with Crippen LogP contribution in [0.3, 0.4) is 0 Å². The second kappa shape index (κ2) is 9.00. The molecule has 0 bridgehead atoms. The summed E-state index contributed by atoms with van der Waals surface area (Å²) < 4.78 is 40.9. The quantitative estimate of drug-likeness (QED) is 0.416. The number of hydrogen-bond acceptors (Lipinski definition) is 5. The van der Waals surface area contributed by atoms with Crippen LogP contribution in [0.1, 0.15) is 22.7 Å². The maximum absolute atomic E-state index is 13.5. The van der Waals surface area contributed by atoms with E-state index in [4.69, 9.17) is 9.47 Å². The monoisotopic (exact) mass is 474 g/mol. The Balaban J connectivity index is 1.57. The predicted octanol–water partition coefficient (Wildman–Crippen LogP) is 4.89. The SMILES string of the molecule is COc1cc2c(cc1OC)[C@@H](c1ccccc1NS(=O)(=O)c1cccc3ccccc13)NCC2. The summed E-state index contributed by atoms with van der Waals surface area (Å²) in [5, 5.41) is 5.11. The first-order chi connectivity index (χ1) is 16.5. The summed E-state index contributed by atoms with van der Waals surface area (Å²) in [7, 11) is -0.586. The van der Waals surface area contributed by atoms with Crippen LogP contribution in [0.25, 0.3) is 10.8 Å². The molecular formula is C27H26N2O4S. The van der Waals surface area contributed by atoms with Gasteiger partial charge in [0.15, 0.2) is 11.5 Å². The van der Waals surface area contributed by atoms with Crippen molar-refractivity contribution in [1.82, 2.24) is 5.32 Å². The van der Waals surface area contributed by atoms with Crippen LogP contribution in [-0.4, -0.2) is 29.2 Å². The van der Waals surface area contributed by atoms with Crippen molar-refractivity contribution in [3.63, 3.8) is 0 Å². The highest BCUT2D eigenvalue weighted by molar-refractivity contribution is 7.93. The fourth-order valence-electron chi connectivity index (χ4n) is 4.63. The number of fused-ring (bicyclic) bond motifs is 2. The highest BCUT2D eigenvalue weighted by atomic mass is 32.2. The van der Waals surface area contributed by atoms with Crippen LogP contribution in [0, 0.1) is 0 Å². The average Bonchev–Trinajstić information content (AvgIpc) is 2.87. The first-order valence-corrected chi connectivity index (χ1v) is 12.6. The van der Waals surface area contributed by atoms with Gasteiger partial charge in [-0.15, -0.1) is 0 Å². The molecule has 0 radical (unpaired) electrons. The lowest BCUT2D eigenvalue weighted by Crippen LogP contribution is -2.31. The Hall–Kier alpha value is -3.55. The van der Waals surface area contributed by atoms with Gasteiger partial charge in [-0.05, 0) is 52.8 Å². The molecule has 6 nitrogen and oxygen atoms in total. The highest BCUT2D eigenvalue weighted by Crippen LogP contribution is 2.39. The maximum atomic E-state index is 13.5. The van der Waals surface area contributed by atoms with E-state index in [0.29, 0.717) is 22.6 Å². The number of hydrogen-bond donors (Lipinski definition) is 2. The molecule has 34 heavy (non-hydrogen) atoms. The largest absolute Gasteiger partial charge is 0.493 e. The number of methoxy groups -OCH3 is 2. The molecular weight excluding hydrogens is 448 g/mol. The van der Waals surface area contributed by atoms with Gasteiger partial charge in [-0.2, -0.15) is 0 Å². The van der Waals surface area contributed by atoms with Gasteiger partial charge in [0.05, 0.1) is 30.8 Å². The molecule has 0 unspecified atom stereocenters. The van der Waals surface area contributed by atoms with Crippen LogP contribution in [0.4, 0.5) is 5.69 Å². The summed E-state index contributed by atoms with van der Waals surface area (Å²) in [5.41, 5.74) is 3.57. The van der Waals surface area contributed by atoms with Gasteiger partial charge < -0.3 is 14.8 Å². The molecule has 5 rings (SSSR count). The fraction of sp³-hybridized carbons (Fsp3) is 0.185. The zero-order valence-electron chi connectivity index (χ0n) is 19.0. The van der Waals surface area contributed by atoms with Crippen molar-refractivity contribution in [2.75, 3.05) is 25.5 Å². The minimum atomic E-state index is -3.82. The number of rotatable bonds is 6. The molecule has 0 aromatic heterocycles. The number of para-hydroxylation sites is 1. The van der Waals surface area contributed by atoms with Gasteiger partial charge in [0.25, 0.3) is 10.0 Å². The minimum Gasteiger partial charge on any atom is -0.493 e. The van der Waals surface area contributed by atoms with E-state index >= 15 is 0 Å². The molecule has 1 aliphatic heterocycles. The number of sulfonamides is 1. The van der Waals surface area contributed by atoms with Crippen molar-refractivity contribution < 1.29 is 17.9 Å². The Morgan fingerprint density at radius 1 is 0.853 bits per heavy atom. The van der Waals surface area contributed by atoms with Gasteiger partial charge in [0, 0.05) is 11.9 Å². The van der Waals surface area contributed by atoms with E-state index < -0.39 is 10.0 Å². The van der Waals surface area contributed by atoms with Crippen LogP contribution in [0.5, 0.6) is 11.5 Å². The third-order valence-electron chi connectivity index (χ3n) is 6.25. The summed E-state index contributed by atoms with van der Waals surface area (Å²) in [6.07, 6.45) is 0.843. The third-order valence-corrected chi connectivity index (χ3v) is 7.68. The van der Waals surface area contributed by atoms with Crippen molar-refractivity contribution in [3.05, 3.63) is 95.6 Å². The van der Waals surface area contributed by atoms with Gasteiger partial charge in [-0.25, -0.2) is 8.42 Å². The average molecular weight is 475 g/mol. The maximum Gasteiger partial charge on any atom is 0.262 e. The minimum absolute atomic E-state index is 0.199. The predicted molar refractivity (Wildman–Crippen MR) is 134 cm³/mol. The summed E-state index contributed by atoms with van der Waals surface area (Å²) >= 11 is 0. The molecule has 0 amide bonds. The van der Waals surface area contributed by atoms with Gasteiger partial charge in [0.1, 0.15) is 0 Å². The molecule has 0 saturated carbocycles. The molecule has 4 aromatic carbocycles. The van der Waals surface area contributed by atoms with Gasteiger partial charge in [-0.1, -0.05) is 54.6 Å². The highest BCUT2D eigenvalue weighted by Gasteiger charge is 2.27. The Labute approximate surface area is 199 Å². The van der Waals surface area contributed by atoms with Crippen molar-refractivity contribution in [1.29, 1.82) is 0 Å². The second-order valence-electron chi connectivity index (χ2n) is 8.21. The molecule has 2 N–H and O–H groups in total. The van der Waals surface area contributed by atoms with E-state index in [1.807, 2.05) is 60.7 Å². The molecule has 1 atom stereocenters. The Bertz CT molecular complexity index is 1460. The topological polar surface area (TPSA) is 76.7 Å². The van der Waals surface area contributed by atoms with Crippen molar-refractivity contribution in [3.8, 4) is 11.5 Å². The second-order valence-corrected chi connectivity index (χ2v) is 9.86. The van der Waals surface area contributed by atoms with Crippen LogP contribution in [0.2, 0.25) is 0 Å². The van der Waals surface area contributed by atoms with E-state index in [0.717, 1.165) is 35.0 Å². The first-order valence-electron chi connectivity index (χ1n) is 11.1. The van der Waals surface area contributed by atoms with E-state index in [1.165, 1.54) is 0 Å². The van der Waals surface area contributed by atoms with Crippen molar-refractivity contribution >= 4 is 26.5 Å². The summed E-state index contributed by atoms with van der Waals surface area (Å²) in [6.45, 7) is 0.761. The molecule has 7 heteroatoms. The van der Waals surface area contributed by atoms with Gasteiger partial charge in [0.2, 0.25) is 0 Å². The van der Waals surface area contributed by atoms with E-state index in [1.54, 1.807) is 32.4 Å². The van der Waals surface area contributed by atoms with Gasteiger partial charge in [-0.3, -0.25) is 4.72 Å².